The molecule has 0 bridgehead atoms. The molecule has 2 saturated heterocycles. The van der Waals surface area contributed by atoms with Crippen LogP contribution in [0.2, 0.25) is 0 Å². The van der Waals surface area contributed by atoms with Gasteiger partial charge in [-0.15, -0.1) is 0 Å². The molecule has 1 amide bonds. The lowest BCUT2D eigenvalue weighted by Crippen LogP contribution is -2.36. The van der Waals surface area contributed by atoms with Crippen molar-refractivity contribution in [1.82, 2.24) is 0 Å². The molecule has 0 spiro atoms. The number of benzene rings is 1. The number of anilines is 1. The zero-order valence-electron chi connectivity index (χ0n) is 9.54. The van der Waals surface area contributed by atoms with E-state index < -0.39 is 9.84 Å². The highest BCUT2D eigenvalue weighted by Crippen LogP contribution is 2.37. The van der Waals surface area contributed by atoms with Gasteiger partial charge in [-0.1, -0.05) is 6.07 Å². The lowest BCUT2D eigenvalue weighted by molar-refractivity contribution is -0.117. The van der Waals surface area contributed by atoms with Crippen molar-refractivity contribution < 1.29 is 13.2 Å². The summed E-state index contributed by atoms with van der Waals surface area (Å²) >= 11 is 2.19. The van der Waals surface area contributed by atoms with Crippen molar-refractivity contribution in [2.24, 2.45) is 5.92 Å². The van der Waals surface area contributed by atoms with Crippen LogP contribution in [0.3, 0.4) is 0 Å². The first-order valence-electron chi connectivity index (χ1n) is 5.74. The molecule has 1 aromatic carbocycles. The van der Waals surface area contributed by atoms with Crippen LogP contribution in [-0.4, -0.2) is 31.9 Å². The summed E-state index contributed by atoms with van der Waals surface area (Å²) in [6.07, 6.45) is 0.357. The van der Waals surface area contributed by atoms with Crippen LogP contribution in [0.15, 0.2) is 24.3 Å². The maximum Gasteiger partial charge on any atom is 0.227 e. The van der Waals surface area contributed by atoms with Gasteiger partial charge in [0.15, 0.2) is 9.84 Å². The maximum atomic E-state index is 12.0. The number of halogens is 1. The van der Waals surface area contributed by atoms with Crippen LogP contribution >= 0.6 is 22.6 Å². The molecule has 0 radical (unpaired) electrons. The van der Waals surface area contributed by atoms with Gasteiger partial charge >= 0.3 is 0 Å². The van der Waals surface area contributed by atoms with E-state index in [1.54, 1.807) is 4.90 Å². The molecule has 0 aliphatic carbocycles. The Morgan fingerprint density at radius 2 is 2.06 bits per heavy atom. The van der Waals surface area contributed by atoms with Crippen LogP contribution in [0, 0.1) is 9.49 Å². The van der Waals surface area contributed by atoms with E-state index >= 15 is 0 Å². The lowest BCUT2D eigenvalue weighted by atomic mass is 10.1. The monoisotopic (exact) mass is 377 g/mol. The predicted molar refractivity (Wildman–Crippen MR) is 77.2 cm³/mol. The molecule has 4 nitrogen and oxygen atoms in total. The number of rotatable bonds is 1. The number of amides is 1. The number of hydrogen-bond donors (Lipinski definition) is 0. The molecule has 0 unspecified atom stereocenters. The van der Waals surface area contributed by atoms with Crippen molar-refractivity contribution in [3.8, 4) is 0 Å². The standard InChI is InChI=1S/C12H12INO3S/c13-9-2-1-3-10(5-9)14-11-7-18(16,17)6-8(11)4-12(14)15/h1-3,5,8,11H,4,6-7H2/t8-,11+/m1/s1. The van der Waals surface area contributed by atoms with Crippen molar-refractivity contribution in [3.63, 3.8) is 0 Å². The van der Waals surface area contributed by atoms with Gasteiger partial charge in [0.1, 0.15) is 0 Å². The minimum Gasteiger partial charge on any atom is -0.308 e. The van der Waals surface area contributed by atoms with Crippen molar-refractivity contribution in [3.05, 3.63) is 27.8 Å². The second-order valence-corrected chi connectivity index (χ2v) is 8.25. The lowest BCUT2D eigenvalue weighted by Gasteiger charge is -2.23. The summed E-state index contributed by atoms with van der Waals surface area (Å²) in [7, 11) is -2.98. The number of fused-ring (bicyclic) bond motifs is 1. The van der Waals surface area contributed by atoms with Gasteiger partial charge in [0.25, 0.3) is 0 Å². The zero-order chi connectivity index (χ0) is 12.9. The van der Waals surface area contributed by atoms with Crippen LogP contribution in [0.5, 0.6) is 0 Å². The summed E-state index contributed by atoms with van der Waals surface area (Å²) < 4.78 is 24.4. The van der Waals surface area contributed by atoms with E-state index in [-0.39, 0.29) is 29.4 Å². The SMILES string of the molecule is O=C1C[C@@H]2CS(=O)(=O)C[C@@H]2N1c1cccc(I)c1. The van der Waals surface area contributed by atoms with Crippen LogP contribution in [0.4, 0.5) is 5.69 Å². The average molecular weight is 377 g/mol. The van der Waals surface area contributed by atoms with Gasteiger partial charge in [-0.05, 0) is 40.8 Å². The summed E-state index contributed by atoms with van der Waals surface area (Å²) in [4.78, 5) is 13.7. The van der Waals surface area contributed by atoms with Gasteiger partial charge in [0, 0.05) is 21.6 Å². The molecule has 2 aliphatic heterocycles. The van der Waals surface area contributed by atoms with Gasteiger partial charge in [0.05, 0.1) is 17.5 Å². The van der Waals surface area contributed by atoms with Crippen LogP contribution < -0.4 is 4.90 Å². The molecule has 1 aromatic rings. The number of nitrogens with zero attached hydrogens (tertiary/aromatic N) is 1. The third-order valence-electron chi connectivity index (χ3n) is 3.56. The fraction of sp³-hybridized carbons (Fsp3) is 0.417. The minimum atomic E-state index is -2.98. The Kier molecular flexibility index (Phi) is 2.89. The number of carbonyl (C=O) groups is 1. The predicted octanol–water partition coefficient (Wildman–Crippen LogP) is 1.44. The van der Waals surface area contributed by atoms with Crippen LogP contribution in [-0.2, 0) is 14.6 Å². The Morgan fingerprint density at radius 3 is 2.78 bits per heavy atom. The molecule has 96 valence electrons. The Morgan fingerprint density at radius 1 is 1.28 bits per heavy atom. The van der Waals surface area contributed by atoms with Gasteiger partial charge < -0.3 is 4.90 Å². The fourth-order valence-corrected chi connectivity index (χ4v) is 5.45. The quantitative estimate of drug-likeness (QED) is 0.697. The summed E-state index contributed by atoms with van der Waals surface area (Å²) in [5.74, 6) is 0.279. The third kappa shape index (κ3) is 2.05. The highest BCUT2D eigenvalue weighted by Gasteiger charge is 2.49. The molecule has 2 fully saturated rings. The average Bonchev–Trinajstić information content (AvgIpc) is 2.68. The molecule has 0 N–H and O–H groups in total. The normalized spacial score (nSPS) is 29.6. The first kappa shape index (κ1) is 12.4. The summed E-state index contributed by atoms with van der Waals surface area (Å²) in [5, 5.41) is 0. The van der Waals surface area contributed by atoms with Crippen LogP contribution in [0.1, 0.15) is 6.42 Å². The fourth-order valence-electron chi connectivity index (χ4n) is 2.85. The van der Waals surface area contributed by atoms with Crippen molar-refractivity contribution >= 4 is 44.0 Å². The molecular formula is C12H12INO3S. The summed E-state index contributed by atoms with van der Waals surface area (Å²) in [6, 6.07) is 7.47. The molecule has 0 saturated carbocycles. The van der Waals surface area contributed by atoms with E-state index in [0.717, 1.165) is 9.26 Å². The highest BCUT2D eigenvalue weighted by atomic mass is 127. The summed E-state index contributed by atoms with van der Waals surface area (Å²) in [6.45, 7) is 0. The molecule has 3 rings (SSSR count). The second kappa shape index (κ2) is 4.19. The maximum absolute atomic E-state index is 12.0. The highest BCUT2D eigenvalue weighted by molar-refractivity contribution is 14.1. The topological polar surface area (TPSA) is 54.5 Å². The number of carbonyl (C=O) groups excluding carboxylic acids is 1. The zero-order valence-corrected chi connectivity index (χ0v) is 12.5. The molecular weight excluding hydrogens is 365 g/mol. The third-order valence-corrected chi connectivity index (χ3v) is 6.02. The van der Waals surface area contributed by atoms with E-state index in [1.807, 2.05) is 24.3 Å². The first-order chi connectivity index (χ1) is 8.46. The molecule has 2 aliphatic rings. The van der Waals surface area contributed by atoms with Crippen molar-refractivity contribution in [1.29, 1.82) is 0 Å². The first-order valence-corrected chi connectivity index (χ1v) is 8.64. The number of hydrogen-bond acceptors (Lipinski definition) is 3. The Bertz CT molecular complexity index is 614. The van der Waals surface area contributed by atoms with Gasteiger partial charge in [-0.2, -0.15) is 0 Å². The van der Waals surface area contributed by atoms with E-state index in [2.05, 4.69) is 22.6 Å². The van der Waals surface area contributed by atoms with E-state index in [1.165, 1.54) is 0 Å². The van der Waals surface area contributed by atoms with Crippen molar-refractivity contribution in [2.45, 2.75) is 12.5 Å². The molecule has 6 heteroatoms. The Balaban J connectivity index is 1.99. The second-order valence-electron chi connectivity index (χ2n) is 4.85. The molecule has 2 heterocycles. The van der Waals surface area contributed by atoms with Crippen molar-refractivity contribution in [2.75, 3.05) is 16.4 Å². The van der Waals surface area contributed by atoms with Gasteiger partial charge in [-0.3, -0.25) is 4.79 Å². The van der Waals surface area contributed by atoms with E-state index in [9.17, 15) is 13.2 Å². The molecule has 18 heavy (non-hydrogen) atoms. The smallest absolute Gasteiger partial charge is 0.227 e. The number of sulfone groups is 1. The molecule has 0 aromatic heterocycles. The van der Waals surface area contributed by atoms with Gasteiger partial charge in [-0.25, -0.2) is 8.42 Å². The van der Waals surface area contributed by atoms with E-state index in [4.69, 9.17) is 0 Å². The molecule has 2 atom stereocenters. The minimum absolute atomic E-state index is 0.0274. The largest absolute Gasteiger partial charge is 0.308 e. The van der Waals surface area contributed by atoms with Crippen LogP contribution in [0.25, 0.3) is 0 Å². The van der Waals surface area contributed by atoms with E-state index in [0.29, 0.717) is 6.42 Å². The summed E-state index contributed by atoms with van der Waals surface area (Å²) in [5.41, 5.74) is 0.816. The Labute approximate surface area is 119 Å². The Hall–Kier alpha value is -0.630. The van der Waals surface area contributed by atoms with Gasteiger partial charge in [0.2, 0.25) is 5.91 Å².